The monoisotopic (exact) mass is 333 g/mol. The van der Waals surface area contributed by atoms with Gasteiger partial charge in [-0.05, 0) is 30.3 Å². The van der Waals surface area contributed by atoms with Crippen LogP contribution in [0.1, 0.15) is 0 Å². The first-order chi connectivity index (χ1) is 11.7. The Bertz CT molecular complexity index is 688. The van der Waals surface area contributed by atoms with E-state index in [-0.39, 0.29) is 17.8 Å². The zero-order chi connectivity index (χ0) is 16.9. The highest BCUT2D eigenvalue weighted by atomic mass is 19.1. The quantitative estimate of drug-likeness (QED) is 0.935. The fourth-order valence-electron chi connectivity index (χ4n) is 2.66. The Morgan fingerprint density at radius 1 is 1.42 bits per heavy atom. The van der Waals surface area contributed by atoms with Gasteiger partial charge in [-0.25, -0.2) is 9.18 Å². The second kappa shape index (κ2) is 7.46. The highest BCUT2D eigenvalue weighted by molar-refractivity contribution is 5.89. The number of rotatable bonds is 4. The summed E-state index contributed by atoms with van der Waals surface area (Å²) in [5, 5.41) is 2.65. The Morgan fingerprint density at radius 2 is 2.21 bits per heavy atom. The highest BCUT2D eigenvalue weighted by Gasteiger charge is 2.24. The number of nitrogens with one attached hydrogen (secondary N) is 1. The van der Waals surface area contributed by atoms with Crippen molar-refractivity contribution in [3.8, 4) is 5.69 Å². The number of benzene rings is 1. The number of morpholine rings is 1. The van der Waals surface area contributed by atoms with Gasteiger partial charge in [-0.2, -0.15) is 0 Å². The molecule has 1 aliphatic heterocycles. The summed E-state index contributed by atoms with van der Waals surface area (Å²) in [7, 11) is 1.59. The molecule has 1 aliphatic rings. The van der Waals surface area contributed by atoms with E-state index in [1.54, 1.807) is 24.1 Å². The van der Waals surface area contributed by atoms with Gasteiger partial charge in [0.1, 0.15) is 5.82 Å². The molecule has 0 bridgehead atoms. The summed E-state index contributed by atoms with van der Waals surface area (Å²) in [6.07, 6.45) is 3.55. The molecule has 24 heavy (non-hydrogen) atoms. The smallest absolute Gasteiger partial charge is 0.322 e. The van der Waals surface area contributed by atoms with Gasteiger partial charge in [-0.3, -0.25) is 0 Å². The van der Waals surface area contributed by atoms with Crippen LogP contribution in [0.25, 0.3) is 5.69 Å². The zero-order valence-electron chi connectivity index (χ0n) is 13.4. The molecule has 0 spiro atoms. The van der Waals surface area contributed by atoms with Gasteiger partial charge in [0, 0.05) is 31.7 Å². The molecule has 2 aromatic rings. The predicted octanol–water partition coefficient (Wildman–Crippen LogP) is 2.50. The minimum absolute atomic E-state index is 0.154. The molecule has 2 heterocycles. The summed E-state index contributed by atoms with van der Waals surface area (Å²) in [6, 6.07) is 8.03. The number of hydrogen-bond acceptors (Lipinski definition) is 3. The maximum absolute atomic E-state index is 14.0. The molecule has 7 heteroatoms. The van der Waals surface area contributed by atoms with E-state index in [0.29, 0.717) is 26.3 Å². The number of aromatic nitrogens is 1. The number of carbonyl (C=O) groups is 1. The minimum Gasteiger partial charge on any atom is -0.382 e. The van der Waals surface area contributed by atoms with Crippen LogP contribution < -0.4 is 5.32 Å². The van der Waals surface area contributed by atoms with Crippen molar-refractivity contribution < 1.29 is 18.7 Å². The number of halogens is 1. The molecule has 1 aromatic carbocycles. The van der Waals surface area contributed by atoms with E-state index in [1.165, 1.54) is 6.07 Å². The molecule has 128 valence electrons. The fourth-order valence-corrected chi connectivity index (χ4v) is 2.66. The van der Waals surface area contributed by atoms with Gasteiger partial charge in [0.2, 0.25) is 0 Å². The van der Waals surface area contributed by atoms with Crippen molar-refractivity contribution in [1.82, 2.24) is 9.47 Å². The lowest BCUT2D eigenvalue weighted by molar-refractivity contribution is -0.0481. The number of amides is 2. The molecule has 1 saturated heterocycles. The van der Waals surface area contributed by atoms with Gasteiger partial charge in [-0.1, -0.05) is 0 Å². The van der Waals surface area contributed by atoms with E-state index in [9.17, 15) is 9.18 Å². The molecule has 1 aromatic heterocycles. The average molecular weight is 333 g/mol. The maximum Gasteiger partial charge on any atom is 0.322 e. The topological polar surface area (TPSA) is 55.7 Å². The van der Waals surface area contributed by atoms with Crippen molar-refractivity contribution in [1.29, 1.82) is 0 Å². The number of ether oxygens (including phenoxy) is 2. The molecule has 1 N–H and O–H groups in total. The predicted molar refractivity (Wildman–Crippen MR) is 87.9 cm³/mol. The Balaban J connectivity index is 1.71. The lowest BCUT2D eigenvalue weighted by atomic mass is 10.2. The van der Waals surface area contributed by atoms with E-state index >= 15 is 0 Å². The number of urea groups is 1. The van der Waals surface area contributed by atoms with E-state index in [2.05, 4.69) is 5.32 Å². The molecule has 0 aliphatic carbocycles. The lowest BCUT2D eigenvalue weighted by Crippen LogP contribution is -2.48. The molecule has 3 rings (SSSR count). The molecular formula is C17H20FN3O3. The molecule has 1 atom stereocenters. The first kappa shape index (κ1) is 16.5. The van der Waals surface area contributed by atoms with Crippen molar-refractivity contribution in [3.63, 3.8) is 0 Å². The number of carbonyl (C=O) groups excluding carboxylic acids is 1. The molecule has 6 nitrogen and oxygen atoms in total. The first-order valence-electron chi connectivity index (χ1n) is 7.77. The largest absolute Gasteiger partial charge is 0.382 e. The van der Waals surface area contributed by atoms with E-state index in [4.69, 9.17) is 9.47 Å². The van der Waals surface area contributed by atoms with Crippen LogP contribution >= 0.6 is 0 Å². The molecule has 2 amide bonds. The van der Waals surface area contributed by atoms with Crippen molar-refractivity contribution in [2.24, 2.45) is 0 Å². The number of hydrogen-bond donors (Lipinski definition) is 1. The number of methoxy groups -OCH3 is 1. The van der Waals surface area contributed by atoms with Gasteiger partial charge in [0.25, 0.3) is 0 Å². The second-order valence-electron chi connectivity index (χ2n) is 5.58. The lowest BCUT2D eigenvalue weighted by Gasteiger charge is -2.32. The van der Waals surface area contributed by atoms with Gasteiger partial charge in [0.05, 0.1) is 31.5 Å². The van der Waals surface area contributed by atoms with Gasteiger partial charge >= 0.3 is 6.03 Å². The summed E-state index contributed by atoms with van der Waals surface area (Å²) in [5.74, 6) is -0.471. The molecular weight excluding hydrogens is 313 g/mol. The summed E-state index contributed by atoms with van der Waals surface area (Å²) in [5.41, 5.74) is 0.928. The van der Waals surface area contributed by atoms with Crippen molar-refractivity contribution in [2.45, 2.75) is 6.10 Å². The molecule has 1 fully saturated rings. The fraction of sp³-hybridized carbons (Fsp3) is 0.353. The summed E-state index contributed by atoms with van der Waals surface area (Å²) < 4.78 is 26.5. The SMILES string of the molecule is COC[C@H]1CN(C(=O)Nc2cc(-n3cccc3)ccc2F)CCO1. The summed E-state index contributed by atoms with van der Waals surface area (Å²) in [4.78, 5) is 14.0. The second-order valence-corrected chi connectivity index (χ2v) is 5.58. The van der Waals surface area contributed by atoms with Crippen molar-refractivity contribution >= 4 is 11.7 Å². The Morgan fingerprint density at radius 3 is 2.96 bits per heavy atom. The number of nitrogens with zero attached hydrogens (tertiary/aromatic N) is 2. The van der Waals surface area contributed by atoms with E-state index < -0.39 is 5.82 Å². The molecule has 0 saturated carbocycles. The number of anilines is 1. The van der Waals surface area contributed by atoms with Crippen LogP contribution in [-0.2, 0) is 9.47 Å². The van der Waals surface area contributed by atoms with Gasteiger partial charge in [-0.15, -0.1) is 0 Å². The Kier molecular flexibility index (Phi) is 5.12. The third-order valence-corrected chi connectivity index (χ3v) is 3.87. The summed E-state index contributed by atoms with van der Waals surface area (Å²) >= 11 is 0. The normalized spacial score (nSPS) is 17.8. The Labute approximate surface area is 139 Å². The maximum atomic E-state index is 14.0. The molecule has 0 unspecified atom stereocenters. The molecule has 0 radical (unpaired) electrons. The first-order valence-corrected chi connectivity index (χ1v) is 7.77. The van der Waals surface area contributed by atoms with Crippen molar-refractivity contribution in [2.75, 3.05) is 38.7 Å². The average Bonchev–Trinajstić information content (AvgIpc) is 3.12. The standard InChI is InChI=1S/C17H20FN3O3/c1-23-12-14-11-21(8-9-24-14)17(22)19-16-10-13(4-5-15(16)18)20-6-2-3-7-20/h2-7,10,14H,8-9,11-12H2,1H3,(H,19,22)/t14-/m1/s1. The minimum atomic E-state index is -0.471. The third kappa shape index (κ3) is 3.74. The Hall–Kier alpha value is -2.38. The van der Waals surface area contributed by atoms with Crippen LogP contribution in [0, 0.1) is 5.82 Å². The van der Waals surface area contributed by atoms with E-state index in [1.807, 2.05) is 29.1 Å². The van der Waals surface area contributed by atoms with Crippen LogP contribution in [-0.4, -0.2) is 55.0 Å². The van der Waals surface area contributed by atoms with Crippen molar-refractivity contribution in [3.05, 3.63) is 48.5 Å². The van der Waals surface area contributed by atoms with Gasteiger partial charge < -0.3 is 24.3 Å². The zero-order valence-corrected chi connectivity index (χ0v) is 13.4. The van der Waals surface area contributed by atoms with Gasteiger partial charge in [0.15, 0.2) is 0 Å². The van der Waals surface area contributed by atoms with Crippen LogP contribution in [0.2, 0.25) is 0 Å². The van der Waals surface area contributed by atoms with Crippen LogP contribution in [0.4, 0.5) is 14.9 Å². The highest BCUT2D eigenvalue weighted by Crippen LogP contribution is 2.20. The third-order valence-electron chi connectivity index (χ3n) is 3.87. The van der Waals surface area contributed by atoms with Crippen LogP contribution in [0.3, 0.4) is 0 Å². The van der Waals surface area contributed by atoms with E-state index in [0.717, 1.165) is 5.69 Å². The van der Waals surface area contributed by atoms with Crippen LogP contribution in [0.15, 0.2) is 42.7 Å². The van der Waals surface area contributed by atoms with Crippen LogP contribution in [0.5, 0.6) is 0 Å². The summed E-state index contributed by atoms with van der Waals surface area (Å²) in [6.45, 7) is 1.73.